The molecule has 0 aliphatic carbocycles. The number of piperidine rings is 1. The lowest BCUT2D eigenvalue weighted by molar-refractivity contribution is -0.118. The van der Waals surface area contributed by atoms with Crippen molar-refractivity contribution in [1.82, 2.24) is 0 Å². The van der Waals surface area contributed by atoms with Crippen LogP contribution in [0.25, 0.3) is 0 Å². The molecule has 3 rings (SSSR count). The van der Waals surface area contributed by atoms with E-state index in [1.165, 1.54) is 18.5 Å². The molecule has 1 aromatic carbocycles. The van der Waals surface area contributed by atoms with Gasteiger partial charge in [-0.3, -0.25) is 4.79 Å². The maximum atomic E-state index is 12.0. The van der Waals surface area contributed by atoms with Gasteiger partial charge in [0.25, 0.3) is 0 Å². The van der Waals surface area contributed by atoms with Crippen LogP contribution in [0.3, 0.4) is 0 Å². The van der Waals surface area contributed by atoms with Gasteiger partial charge in [0.1, 0.15) is 6.04 Å². The molecule has 1 fully saturated rings. The second kappa shape index (κ2) is 4.77. The largest absolute Gasteiger partial charge is 0.368 e. The molecular formula is C16H23N3O. The van der Waals surface area contributed by atoms with Gasteiger partial charge < -0.3 is 15.5 Å². The number of fused-ring (bicyclic) bond motifs is 1. The number of likely N-dealkylation sites (N-methyl/N-ethyl adjacent to an activating group) is 1. The van der Waals surface area contributed by atoms with Crippen LogP contribution in [0.4, 0.5) is 11.4 Å². The van der Waals surface area contributed by atoms with Crippen molar-refractivity contribution in [2.24, 2.45) is 11.7 Å². The van der Waals surface area contributed by atoms with Crippen LogP contribution >= 0.6 is 0 Å². The van der Waals surface area contributed by atoms with Gasteiger partial charge in [0.2, 0.25) is 5.91 Å². The number of amides is 1. The average Bonchev–Trinajstić information content (AvgIpc) is 2.66. The van der Waals surface area contributed by atoms with Crippen molar-refractivity contribution in [3.63, 3.8) is 0 Å². The molecule has 0 bridgehead atoms. The van der Waals surface area contributed by atoms with Crippen molar-refractivity contribution in [3.8, 4) is 0 Å². The molecule has 3 unspecified atom stereocenters. The molecule has 2 aliphatic heterocycles. The molecule has 2 N–H and O–H groups in total. The Labute approximate surface area is 120 Å². The maximum absolute atomic E-state index is 12.0. The van der Waals surface area contributed by atoms with E-state index in [0.29, 0.717) is 6.04 Å². The molecule has 0 aromatic heterocycles. The van der Waals surface area contributed by atoms with E-state index in [4.69, 9.17) is 5.73 Å². The van der Waals surface area contributed by atoms with Gasteiger partial charge in [-0.15, -0.1) is 0 Å². The van der Waals surface area contributed by atoms with Crippen molar-refractivity contribution in [2.45, 2.75) is 38.8 Å². The van der Waals surface area contributed by atoms with Gasteiger partial charge in [0.15, 0.2) is 0 Å². The van der Waals surface area contributed by atoms with Gasteiger partial charge in [-0.1, -0.05) is 13.0 Å². The Morgan fingerprint density at radius 1 is 1.25 bits per heavy atom. The van der Waals surface area contributed by atoms with E-state index >= 15 is 0 Å². The number of benzene rings is 1. The number of anilines is 2. The summed E-state index contributed by atoms with van der Waals surface area (Å²) in [4.78, 5) is 16.1. The maximum Gasteiger partial charge on any atom is 0.248 e. The van der Waals surface area contributed by atoms with Gasteiger partial charge >= 0.3 is 0 Å². The zero-order valence-electron chi connectivity index (χ0n) is 12.5. The smallest absolute Gasteiger partial charge is 0.248 e. The van der Waals surface area contributed by atoms with Crippen LogP contribution in [0.2, 0.25) is 0 Å². The fraction of sp³-hybridized carbons (Fsp3) is 0.562. The van der Waals surface area contributed by atoms with Crippen LogP contribution in [0.5, 0.6) is 0 Å². The first-order valence-corrected chi connectivity index (χ1v) is 7.42. The minimum Gasteiger partial charge on any atom is -0.368 e. The van der Waals surface area contributed by atoms with Gasteiger partial charge in [0.05, 0.1) is 5.69 Å². The number of hydrogen-bond donors (Lipinski definition) is 1. The van der Waals surface area contributed by atoms with Gasteiger partial charge in [-0.2, -0.15) is 0 Å². The fourth-order valence-electron chi connectivity index (χ4n) is 3.37. The summed E-state index contributed by atoms with van der Waals surface area (Å²) in [5, 5.41) is 0. The summed E-state index contributed by atoms with van der Waals surface area (Å²) in [6, 6.07) is 6.30. The zero-order valence-corrected chi connectivity index (χ0v) is 12.5. The lowest BCUT2D eigenvalue weighted by atomic mass is 9.94. The van der Waals surface area contributed by atoms with Gasteiger partial charge in [-0.25, -0.2) is 0 Å². The summed E-state index contributed by atoms with van der Waals surface area (Å²) < 4.78 is 0. The SMILES string of the molecule is CC1CCC(C)N(c2ccc3c(c2)N(C)C(=O)C3N)C1. The highest BCUT2D eigenvalue weighted by Crippen LogP contribution is 2.38. The molecule has 3 atom stereocenters. The third-order valence-electron chi connectivity index (χ3n) is 4.76. The molecule has 2 aliphatic rings. The quantitative estimate of drug-likeness (QED) is 0.854. The van der Waals surface area contributed by atoms with Crippen molar-refractivity contribution in [3.05, 3.63) is 23.8 Å². The molecular weight excluding hydrogens is 250 g/mol. The molecule has 2 heterocycles. The van der Waals surface area contributed by atoms with E-state index in [9.17, 15) is 4.79 Å². The third-order valence-corrected chi connectivity index (χ3v) is 4.76. The Balaban J connectivity index is 1.95. The Bertz CT molecular complexity index is 543. The Kier molecular flexibility index (Phi) is 3.21. The van der Waals surface area contributed by atoms with E-state index in [0.717, 1.165) is 23.7 Å². The van der Waals surface area contributed by atoms with Crippen LogP contribution in [-0.4, -0.2) is 25.5 Å². The predicted molar refractivity (Wildman–Crippen MR) is 82.0 cm³/mol. The normalized spacial score (nSPS) is 29.8. The van der Waals surface area contributed by atoms with Crippen LogP contribution < -0.4 is 15.5 Å². The molecule has 4 heteroatoms. The van der Waals surface area contributed by atoms with E-state index in [1.54, 1.807) is 11.9 Å². The first kappa shape index (κ1) is 13.4. The first-order valence-electron chi connectivity index (χ1n) is 7.42. The molecule has 1 saturated heterocycles. The van der Waals surface area contributed by atoms with Crippen molar-refractivity contribution in [1.29, 1.82) is 0 Å². The second-order valence-corrected chi connectivity index (χ2v) is 6.30. The molecule has 108 valence electrons. The number of nitrogens with zero attached hydrogens (tertiary/aromatic N) is 2. The van der Waals surface area contributed by atoms with Crippen LogP contribution in [0.15, 0.2) is 18.2 Å². The average molecular weight is 273 g/mol. The molecule has 0 spiro atoms. The van der Waals surface area contributed by atoms with Crippen molar-refractivity contribution < 1.29 is 4.79 Å². The van der Waals surface area contributed by atoms with E-state index in [2.05, 4.69) is 30.9 Å². The Morgan fingerprint density at radius 3 is 2.75 bits per heavy atom. The van der Waals surface area contributed by atoms with Crippen LogP contribution in [0, 0.1) is 5.92 Å². The highest BCUT2D eigenvalue weighted by Gasteiger charge is 2.33. The minimum atomic E-state index is -0.498. The Morgan fingerprint density at radius 2 is 2.00 bits per heavy atom. The molecule has 20 heavy (non-hydrogen) atoms. The highest BCUT2D eigenvalue weighted by molar-refractivity contribution is 6.04. The summed E-state index contributed by atoms with van der Waals surface area (Å²) in [5.74, 6) is 0.707. The summed E-state index contributed by atoms with van der Waals surface area (Å²) in [7, 11) is 1.81. The van der Waals surface area contributed by atoms with Crippen LogP contribution in [0.1, 0.15) is 38.3 Å². The van der Waals surface area contributed by atoms with Gasteiger partial charge in [-0.05, 0) is 37.8 Å². The second-order valence-electron chi connectivity index (χ2n) is 6.30. The Hall–Kier alpha value is -1.55. The zero-order chi connectivity index (χ0) is 14.4. The summed E-state index contributed by atoms with van der Waals surface area (Å²) in [6.45, 7) is 5.67. The third kappa shape index (κ3) is 1.99. The van der Waals surface area contributed by atoms with Gasteiger partial charge in [0, 0.05) is 30.9 Å². The minimum absolute atomic E-state index is 0.0165. The lowest BCUT2D eigenvalue weighted by Crippen LogP contribution is -2.41. The molecule has 4 nitrogen and oxygen atoms in total. The number of rotatable bonds is 1. The highest BCUT2D eigenvalue weighted by atomic mass is 16.2. The molecule has 1 amide bonds. The topological polar surface area (TPSA) is 49.6 Å². The van der Waals surface area contributed by atoms with E-state index in [1.807, 2.05) is 6.07 Å². The number of hydrogen-bond acceptors (Lipinski definition) is 3. The predicted octanol–water partition coefficient (Wildman–Crippen LogP) is 2.29. The summed E-state index contributed by atoms with van der Waals surface area (Å²) in [5.41, 5.74) is 9.07. The molecule has 0 saturated carbocycles. The number of carbonyl (C=O) groups excluding carboxylic acids is 1. The van der Waals surface area contributed by atoms with Crippen molar-refractivity contribution in [2.75, 3.05) is 23.4 Å². The fourth-order valence-corrected chi connectivity index (χ4v) is 3.37. The molecule has 1 aromatic rings. The summed E-state index contributed by atoms with van der Waals surface area (Å²) >= 11 is 0. The molecule has 0 radical (unpaired) electrons. The number of nitrogens with two attached hydrogens (primary N) is 1. The first-order chi connectivity index (χ1) is 9.49. The van der Waals surface area contributed by atoms with Crippen molar-refractivity contribution >= 4 is 17.3 Å². The number of carbonyl (C=O) groups is 1. The summed E-state index contributed by atoms with van der Waals surface area (Å²) in [6.07, 6.45) is 2.53. The monoisotopic (exact) mass is 273 g/mol. The van der Waals surface area contributed by atoms with E-state index < -0.39 is 6.04 Å². The standard InChI is InChI=1S/C16H23N3O/c1-10-4-5-11(2)19(9-10)12-6-7-13-14(8-12)18(3)16(20)15(13)17/h6-8,10-11,15H,4-5,9,17H2,1-3H3. The van der Waals surface area contributed by atoms with Crippen LogP contribution in [-0.2, 0) is 4.79 Å². The van der Waals surface area contributed by atoms with E-state index in [-0.39, 0.29) is 5.91 Å². The lowest BCUT2D eigenvalue weighted by Gasteiger charge is -2.39.